The maximum absolute atomic E-state index is 13.5. The highest BCUT2D eigenvalue weighted by atomic mass is 19.4. The minimum absolute atomic E-state index is 0.0500. The Hall–Kier alpha value is -3.29. The smallest absolute Gasteiger partial charge is 0.421 e. The van der Waals surface area contributed by atoms with Crippen LogP contribution in [-0.2, 0) is 12.6 Å². The lowest BCUT2D eigenvalue weighted by Crippen LogP contribution is -2.22. The normalized spacial score (nSPS) is 11.8. The summed E-state index contributed by atoms with van der Waals surface area (Å²) < 4.78 is 46.3. The van der Waals surface area contributed by atoms with E-state index in [2.05, 4.69) is 20.6 Å². The van der Waals surface area contributed by atoms with E-state index in [9.17, 15) is 13.2 Å². The van der Waals surface area contributed by atoms with Crippen molar-refractivity contribution in [1.29, 1.82) is 0 Å². The summed E-state index contributed by atoms with van der Waals surface area (Å²) in [7, 11) is 0. The molecule has 3 aromatic rings. The minimum Gasteiger partial charge on any atom is -0.488 e. The number of alkyl halides is 3. The van der Waals surface area contributed by atoms with Crippen LogP contribution in [-0.4, -0.2) is 15.6 Å². The van der Waals surface area contributed by atoms with E-state index in [4.69, 9.17) is 4.74 Å². The number of benzene rings is 2. The number of ether oxygens (including phenoxy) is 1. The van der Waals surface area contributed by atoms with Crippen LogP contribution in [0.25, 0.3) is 0 Å². The molecule has 0 radical (unpaired) electrons. The van der Waals surface area contributed by atoms with Crippen molar-refractivity contribution in [2.75, 3.05) is 10.6 Å². The molecule has 164 valence electrons. The second-order valence-corrected chi connectivity index (χ2v) is 7.95. The first-order valence-corrected chi connectivity index (χ1v) is 9.90. The number of halogens is 3. The lowest BCUT2D eigenvalue weighted by molar-refractivity contribution is -0.137. The molecule has 0 saturated heterocycles. The molecule has 1 heterocycles. The summed E-state index contributed by atoms with van der Waals surface area (Å²) in [5, 5.41) is 5.77. The quantitative estimate of drug-likeness (QED) is 0.454. The highest BCUT2D eigenvalue weighted by Crippen LogP contribution is 2.36. The Morgan fingerprint density at radius 1 is 0.935 bits per heavy atom. The zero-order chi connectivity index (χ0) is 22.6. The van der Waals surface area contributed by atoms with Gasteiger partial charge >= 0.3 is 6.18 Å². The molecule has 0 aliphatic heterocycles. The molecule has 5 nitrogen and oxygen atoms in total. The Bertz CT molecular complexity index is 1030. The highest BCUT2D eigenvalue weighted by Gasteiger charge is 2.35. The first kappa shape index (κ1) is 22.4. The molecule has 0 bridgehead atoms. The van der Waals surface area contributed by atoms with Crippen molar-refractivity contribution in [2.45, 2.75) is 45.9 Å². The van der Waals surface area contributed by atoms with Crippen LogP contribution in [0, 0.1) is 0 Å². The molecule has 0 atom stereocenters. The van der Waals surface area contributed by atoms with E-state index < -0.39 is 11.7 Å². The largest absolute Gasteiger partial charge is 0.488 e. The van der Waals surface area contributed by atoms with Crippen LogP contribution in [0.4, 0.5) is 36.3 Å². The van der Waals surface area contributed by atoms with Crippen LogP contribution in [0.15, 0.2) is 54.7 Å². The first-order valence-electron chi connectivity index (χ1n) is 9.90. The summed E-state index contributed by atoms with van der Waals surface area (Å²) in [6.07, 6.45) is -3.14. The number of aryl methyl sites for hydroxylation is 1. The summed E-state index contributed by atoms with van der Waals surface area (Å²) in [4.78, 5) is 7.96. The third-order valence-electron chi connectivity index (χ3n) is 4.28. The van der Waals surface area contributed by atoms with E-state index in [0.29, 0.717) is 23.5 Å². The van der Waals surface area contributed by atoms with E-state index in [0.717, 1.165) is 11.8 Å². The third kappa shape index (κ3) is 6.10. The molecule has 0 fully saturated rings. The Labute approximate surface area is 179 Å². The molecule has 1 aromatic heterocycles. The van der Waals surface area contributed by atoms with Crippen LogP contribution < -0.4 is 15.4 Å². The highest BCUT2D eigenvalue weighted by molar-refractivity contribution is 5.65. The molecule has 0 aliphatic rings. The Morgan fingerprint density at radius 2 is 1.61 bits per heavy atom. The van der Waals surface area contributed by atoms with E-state index in [-0.39, 0.29) is 17.4 Å². The van der Waals surface area contributed by atoms with Crippen molar-refractivity contribution < 1.29 is 17.9 Å². The van der Waals surface area contributed by atoms with Gasteiger partial charge in [0.05, 0.1) is 0 Å². The number of para-hydroxylation sites is 1. The van der Waals surface area contributed by atoms with Crippen LogP contribution >= 0.6 is 0 Å². The Balaban J connectivity index is 1.88. The predicted octanol–water partition coefficient (Wildman–Crippen LogP) is 6.72. The average Bonchev–Trinajstić information content (AvgIpc) is 2.68. The lowest BCUT2D eigenvalue weighted by Gasteiger charge is -2.21. The zero-order valence-electron chi connectivity index (χ0n) is 17.8. The number of aromatic nitrogens is 2. The number of anilines is 4. The fraction of sp³-hybridized carbons (Fsp3) is 0.304. The SMILES string of the molecule is CCc1ccccc1Nc1nc(Nc2ccc(OC(C)(C)C)cc2)ncc1C(F)(F)F. The van der Waals surface area contributed by atoms with Crippen molar-refractivity contribution in [3.05, 3.63) is 65.9 Å². The van der Waals surface area contributed by atoms with Gasteiger partial charge in [-0.3, -0.25) is 0 Å². The molecule has 8 heteroatoms. The Kier molecular flexibility index (Phi) is 6.38. The first-order chi connectivity index (χ1) is 14.5. The topological polar surface area (TPSA) is 59.1 Å². The van der Waals surface area contributed by atoms with Crippen molar-refractivity contribution in [3.8, 4) is 5.75 Å². The van der Waals surface area contributed by atoms with E-state index in [1.54, 1.807) is 36.4 Å². The Morgan fingerprint density at radius 3 is 2.23 bits per heavy atom. The van der Waals surface area contributed by atoms with Gasteiger partial charge in [-0.25, -0.2) is 4.98 Å². The minimum atomic E-state index is -4.59. The molecule has 2 aromatic carbocycles. The van der Waals surface area contributed by atoms with Gasteiger partial charge in [-0.2, -0.15) is 18.2 Å². The molecule has 0 aliphatic carbocycles. The standard InChI is InChI=1S/C23H25F3N4O/c1-5-15-8-6-7-9-19(15)29-20-18(23(24,25)26)14-27-21(30-20)28-16-10-12-17(13-11-16)31-22(2,3)4/h6-14H,5H2,1-4H3,(H2,27,28,29,30). The predicted molar refractivity (Wildman–Crippen MR) is 116 cm³/mol. The van der Waals surface area contributed by atoms with Crippen LogP contribution in [0.5, 0.6) is 5.75 Å². The molecular weight excluding hydrogens is 405 g/mol. The van der Waals surface area contributed by atoms with Crippen LogP contribution in [0.2, 0.25) is 0 Å². The summed E-state index contributed by atoms with van der Waals surface area (Å²) in [5.74, 6) is 0.428. The number of rotatable bonds is 6. The molecule has 2 N–H and O–H groups in total. The fourth-order valence-electron chi connectivity index (χ4n) is 2.91. The van der Waals surface area contributed by atoms with Gasteiger partial charge in [0, 0.05) is 17.6 Å². The van der Waals surface area contributed by atoms with Gasteiger partial charge in [-0.15, -0.1) is 0 Å². The molecule has 31 heavy (non-hydrogen) atoms. The maximum atomic E-state index is 13.5. The zero-order valence-corrected chi connectivity index (χ0v) is 17.8. The summed E-state index contributed by atoms with van der Waals surface area (Å²) in [6.45, 7) is 7.77. The monoisotopic (exact) mass is 430 g/mol. The van der Waals surface area contributed by atoms with Gasteiger partial charge in [-0.05, 0) is 63.1 Å². The molecule has 3 rings (SSSR count). The van der Waals surface area contributed by atoms with Crippen molar-refractivity contribution in [3.63, 3.8) is 0 Å². The van der Waals surface area contributed by atoms with Crippen molar-refractivity contribution in [2.24, 2.45) is 0 Å². The van der Waals surface area contributed by atoms with Gasteiger partial charge < -0.3 is 15.4 Å². The maximum Gasteiger partial charge on any atom is 0.421 e. The summed E-state index contributed by atoms with van der Waals surface area (Å²) >= 11 is 0. The van der Waals surface area contributed by atoms with Gasteiger partial charge in [0.1, 0.15) is 22.7 Å². The molecule has 0 spiro atoms. The van der Waals surface area contributed by atoms with Crippen LogP contribution in [0.3, 0.4) is 0 Å². The summed E-state index contributed by atoms with van der Waals surface area (Å²) in [5.41, 5.74) is 0.821. The second kappa shape index (κ2) is 8.83. The molecule has 0 amide bonds. The second-order valence-electron chi connectivity index (χ2n) is 7.95. The molecule has 0 saturated carbocycles. The molecule has 0 unspecified atom stereocenters. The number of hydrogen-bond acceptors (Lipinski definition) is 5. The fourth-order valence-corrected chi connectivity index (χ4v) is 2.91. The van der Waals surface area contributed by atoms with Crippen molar-refractivity contribution in [1.82, 2.24) is 9.97 Å². The van der Waals surface area contributed by atoms with Gasteiger partial charge in [0.25, 0.3) is 0 Å². The average molecular weight is 430 g/mol. The number of nitrogens with zero attached hydrogens (tertiary/aromatic N) is 2. The van der Waals surface area contributed by atoms with Crippen LogP contribution in [0.1, 0.15) is 38.8 Å². The van der Waals surface area contributed by atoms with E-state index >= 15 is 0 Å². The molecular formula is C23H25F3N4O. The van der Waals surface area contributed by atoms with Crippen molar-refractivity contribution >= 4 is 23.1 Å². The van der Waals surface area contributed by atoms with Gasteiger partial charge in [0.2, 0.25) is 5.95 Å². The van der Waals surface area contributed by atoms with Gasteiger partial charge in [0.15, 0.2) is 0 Å². The third-order valence-corrected chi connectivity index (χ3v) is 4.28. The van der Waals surface area contributed by atoms with E-state index in [1.165, 1.54) is 0 Å². The van der Waals surface area contributed by atoms with Gasteiger partial charge in [-0.1, -0.05) is 25.1 Å². The summed E-state index contributed by atoms with van der Waals surface area (Å²) in [6, 6.07) is 14.2. The van der Waals surface area contributed by atoms with E-state index in [1.807, 2.05) is 39.8 Å². The number of nitrogens with one attached hydrogen (secondary N) is 2. The number of hydrogen-bond donors (Lipinski definition) is 2. The lowest BCUT2D eigenvalue weighted by atomic mass is 10.1.